The number of aromatic nitrogens is 1. The molecule has 0 saturated heterocycles. The van der Waals surface area contributed by atoms with Crippen LogP contribution in [0, 0.1) is 20.8 Å². The first-order valence-electron chi connectivity index (χ1n) is 6.07. The lowest BCUT2D eigenvalue weighted by atomic mass is 9.96. The average Bonchev–Trinajstić information content (AvgIpc) is 2.40. The highest BCUT2D eigenvalue weighted by molar-refractivity contribution is 5.74. The van der Waals surface area contributed by atoms with Crippen LogP contribution in [0.3, 0.4) is 0 Å². The normalized spacial score (nSPS) is 10.4. The molecule has 1 aromatic heterocycles. The zero-order valence-corrected chi connectivity index (χ0v) is 11.0. The minimum Gasteiger partial charge on any atom is -0.298 e. The SMILES string of the molecule is Cc1cnc(C)c(C)c1Cc1ccc(C=O)cc1. The highest BCUT2D eigenvalue weighted by atomic mass is 16.1. The second-order valence-corrected chi connectivity index (χ2v) is 4.67. The minimum atomic E-state index is 0.720. The van der Waals surface area contributed by atoms with Crippen LogP contribution in [-0.2, 0) is 6.42 Å². The highest BCUT2D eigenvalue weighted by Gasteiger charge is 2.07. The van der Waals surface area contributed by atoms with E-state index in [1.807, 2.05) is 37.4 Å². The van der Waals surface area contributed by atoms with Gasteiger partial charge in [-0.15, -0.1) is 0 Å². The summed E-state index contributed by atoms with van der Waals surface area (Å²) in [6.45, 7) is 6.24. The lowest BCUT2D eigenvalue weighted by Gasteiger charge is -2.11. The van der Waals surface area contributed by atoms with Gasteiger partial charge in [-0.3, -0.25) is 9.78 Å². The largest absolute Gasteiger partial charge is 0.298 e. The van der Waals surface area contributed by atoms with Gasteiger partial charge >= 0.3 is 0 Å². The molecule has 2 aromatic rings. The maximum Gasteiger partial charge on any atom is 0.150 e. The van der Waals surface area contributed by atoms with Gasteiger partial charge in [-0.05, 0) is 49.4 Å². The smallest absolute Gasteiger partial charge is 0.150 e. The van der Waals surface area contributed by atoms with E-state index >= 15 is 0 Å². The van der Waals surface area contributed by atoms with E-state index in [2.05, 4.69) is 18.8 Å². The molecule has 0 spiro atoms. The molecule has 2 heteroatoms. The lowest BCUT2D eigenvalue weighted by molar-refractivity contribution is 0.112. The summed E-state index contributed by atoms with van der Waals surface area (Å²) in [5.41, 5.74) is 6.84. The van der Waals surface area contributed by atoms with E-state index in [-0.39, 0.29) is 0 Å². The molecule has 18 heavy (non-hydrogen) atoms. The Hall–Kier alpha value is -1.96. The third kappa shape index (κ3) is 2.48. The number of rotatable bonds is 3. The van der Waals surface area contributed by atoms with E-state index in [0.717, 1.165) is 24.0 Å². The Morgan fingerprint density at radius 3 is 2.39 bits per heavy atom. The molecule has 1 aromatic carbocycles. The van der Waals surface area contributed by atoms with E-state index < -0.39 is 0 Å². The lowest BCUT2D eigenvalue weighted by Crippen LogP contribution is -2.00. The van der Waals surface area contributed by atoms with Gasteiger partial charge in [0.25, 0.3) is 0 Å². The number of pyridine rings is 1. The van der Waals surface area contributed by atoms with Crippen LogP contribution in [0.15, 0.2) is 30.5 Å². The maximum atomic E-state index is 10.6. The number of nitrogens with zero attached hydrogens (tertiary/aromatic N) is 1. The Balaban J connectivity index is 2.33. The summed E-state index contributed by atoms with van der Waals surface area (Å²) in [5.74, 6) is 0. The Morgan fingerprint density at radius 1 is 1.11 bits per heavy atom. The number of carbonyl (C=O) groups is 1. The molecule has 0 radical (unpaired) electrons. The van der Waals surface area contributed by atoms with Crippen molar-refractivity contribution in [2.24, 2.45) is 0 Å². The van der Waals surface area contributed by atoms with E-state index in [1.165, 1.54) is 22.3 Å². The molecule has 0 atom stereocenters. The maximum absolute atomic E-state index is 10.6. The van der Waals surface area contributed by atoms with Gasteiger partial charge < -0.3 is 0 Å². The first-order valence-corrected chi connectivity index (χ1v) is 6.07. The van der Waals surface area contributed by atoms with Crippen molar-refractivity contribution in [2.75, 3.05) is 0 Å². The first-order chi connectivity index (χ1) is 8.61. The van der Waals surface area contributed by atoms with Gasteiger partial charge in [0.15, 0.2) is 0 Å². The standard InChI is InChI=1S/C16H17NO/c1-11-9-17-13(3)12(2)16(11)8-14-4-6-15(10-18)7-5-14/h4-7,9-10H,8H2,1-3H3. The van der Waals surface area contributed by atoms with Crippen LogP contribution in [0.2, 0.25) is 0 Å². The van der Waals surface area contributed by atoms with Crippen molar-refractivity contribution in [1.29, 1.82) is 0 Å². The van der Waals surface area contributed by atoms with E-state index in [4.69, 9.17) is 0 Å². The van der Waals surface area contributed by atoms with Gasteiger partial charge in [-0.1, -0.05) is 24.3 Å². The molecule has 0 unspecified atom stereocenters. The second kappa shape index (κ2) is 5.13. The van der Waals surface area contributed by atoms with Crippen molar-refractivity contribution < 1.29 is 4.79 Å². The average molecular weight is 239 g/mol. The molecule has 2 rings (SSSR count). The van der Waals surface area contributed by atoms with Gasteiger partial charge in [0.05, 0.1) is 0 Å². The number of carbonyl (C=O) groups excluding carboxylic acids is 1. The number of aryl methyl sites for hydroxylation is 2. The van der Waals surface area contributed by atoms with Crippen molar-refractivity contribution in [3.8, 4) is 0 Å². The zero-order chi connectivity index (χ0) is 13.1. The molecule has 2 nitrogen and oxygen atoms in total. The van der Waals surface area contributed by atoms with Gasteiger partial charge in [-0.2, -0.15) is 0 Å². The van der Waals surface area contributed by atoms with Gasteiger partial charge in [0.2, 0.25) is 0 Å². The summed E-state index contributed by atoms with van der Waals surface area (Å²) in [5, 5.41) is 0. The molecule has 0 aliphatic rings. The Labute approximate surface area is 108 Å². The van der Waals surface area contributed by atoms with E-state index in [0.29, 0.717) is 0 Å². The second-order valence-electron chi connectivity index (χ2n) is 4.67. The molecule has 0 fully saturated rings. The molecule has 0 saturated carbocycles. The van der Waals surface area contributed by atoms with E-state index in [1.54, 1.807) is 0 Å². The Bertz CT molecular complexity index is 570. The minimum absolute atomic E-state index is 0.720. The summed E-state index contributed by atoms with van der Waals surface area (Å²) < 4.78 is 0. The quantitative estimate of drug-likeness (QED) is 0.768. The third-order valence-corrected chi connectivity index (χ3v) is 3.42. The number of benzene rings is 1. The molecule has 0 amide bonds. The topological polar surface area (TPSA) is 30.0 Å². The summed E-state index contributed by atoms with van der Waals surface area (Å²) in [6, 6.07) is 7.75. The van der Waals surface area contributed by atoms with Crippen LogP contribution < -0.4 is 0 Å². The summed E-state index contributed by atoms with van der Waals surface area (Å²) in [7, 11) is 0. The summed E-state index contributed by atoms with van der Waals surface area (Å²) in [6.07, 6.45) is 3.69. The van der Waals surface area contributed by atoms with Crippen molar-refractivity contribution in [3.05, 3.63) is 64.0 Å². The summed E-state index contributed by atoms with van der Waals surface area (Å²) >= 11 is 0. The van der Waals surface area contributed by atoms with E-state index in [9.17, 15) is 4.79 Å². The van der Waals surface area contributed by atoms with Gasteiger partial charge in [0.1, 0.15) is 6.29 Å². The van der Waals surface area contributed by atoms with Crippen LogP contribution in [0.1, 0.15) is 38.3 Å². The molecular weight excluding hydrogens is 222 g/mol. The van der Waals surface area contributed by atoms with Crippen LogP contribution in [0.5, 0.6) is 0 Å². The monoisotopic (exact) mass is 239 g/mol. The van der Waals surface area contributed by atoms with Crippen molar-refractivity contribution >= 4 is 6.29 Å². The first kappa shape index (κ1) is 12.5. The van der Waals surface area contributed by atoms with Gasteiger partial charge in [0, 0.05) is 17.5 Å². The van der Waals surface area contributed by atoms with Crippen molar-refractivity contribution in [1.82, 2.24) is 4.98 Å². The predicted octanol–water partition coefficient (Wildman–Crippen LogP) is 3.41. The van der Waals surface area contributed by atoms with Crippen LogP contribution in [0.25, 0.3) is 0 Å². The fourth-order valence-electron chi connectivity index (χ4n) is 2.07. The van der Waals surface area contributed by atoms with Crippen LogP contribution in [-0.4, -0.2) is 11.3 Å². The zero-order valence-electron chi connectivity index (χ0n) is 11.0. The van der Waals surface area contributed by atoms with Crippen molar-refractivity contribution in [2.45, 2.75) is 27.2 Å². The van der Waals surface area contributed by atoms with Crippen molar-refractivity contribution in [3.63, 3.8) is 0 Å². The number of hydrogen-bond acceptors (Lipinski definition) is 2. The Morgan fingerprint density at radius 2 is 1.78 bits per heavy atom. The van der Waals surface area contributed by atoms with Crippen LogP contribution in [0.4, 0.5) is 0 Å². The summed E-state index contributed by atoms with van der Waals surface area (Å²) in [4.78, 5) is 15.0. The third-order valence-electron chi connectivity index (χ3n) is 3.42. The molecule has 0 bridgehead atoms. The fourth-order valence-corrected chi connectivity index (χ4v) is 2.07. The molecule has 0 N–H and O–H groups in total. The highest BCUT2D eigenvalue weighted by Crippen LogP contribution is 2.19. The molecule has 0 aliphatic carbocycles. The predicted molar refractivity (Wildman–Crippen MR) is 73.1 cm³/mol. The van der Waals surface area contributed by atoms with Crippen LogP contribution >= 0.6 is 0 Å². The molecule has 0 aliphatic heterocycles. The number of aldehydes is 1. The molecule has 1 heterocycles. The number of hydrogen-bond donors (Lipinski definition) is 0. The molecular formula is C16H17NO. The fraction of sp³-hybridized carbons (Fsp3) is 0.250. The Kier molecular flexibility index (Phi) is 3.56. The molecule has 92 valence electrons. The van der Waals surface area contributed by atoms with Gasteiger partial charge in [-0.25, -0.2) is 0 Å².